The number of hydrogen-bond donors (Lipinski definition) is 0. The van der Waals surface area contributed by atoms with Gasteiger partial charge in [-0.25, -0.2) is 9.97 Å². The van der Waals surface area contributed by atoms with Gasteiger partial charge in [0, 0.05) is 33.0 Å². The molecule has 5 aromatic carbocycles. The smallest absolute Gasteiger partial charge is 0.160 e. The molecule has 0 radical (unpaired) electrons. The van der Waals surface area contributed by atoms with Crippen molar-refractivity contribution in [3.05, 3.63) is 133 Å². The zero-order valence-corrected chi connectivity index (χ0v) is 20.9. The number of para-hydroxylation sites is 1. The summed E-state index contributed by atoms with van der Waals surface area (Å²) in [6, 6.07) is 44.4. The van der Waals surface area contributed by atoms with Crippen LogP contribution >= 0.6 is 0 Å². The number of nitriles is 1. The van der Waals surface area contributed by atoms with Gasteiger partial charge >= 0.3 is 0 Å². The quantitative estimate of drug-likeness (QED) is 0.242. The minimum Gasteiger partial charge on any atom is -0.456 e. The molecule has 0 N–H and O–H groups in total. The maximum atomic E-state index is 9.41. The Morgan fingerprint density at radius 3 is 1.97 bits per heavy atom. The lowest BCUT2D eigenvalue weighted by molar-refractivity contribution is 0.669. The van der Waals surface area contributed by atoms with Crippen LogP contribution in [0.4, 0.5) is 0 Å². The molecule has 0 saturated heterocycles. The SMILES string of the molecule is N#Cc1ccc(-c2c(-c3cc(-c4ccccc4)nc(-c4ccccc4)n3)ccc3oc4ccccc4c23)cc1. The van der Waals surface area contributed by atoms with E-state index in [1.807, 2.05) is 97.1 Å². The molecular weight excluding hydrogens is 478 g/mol. The number of nitrogens with zero attached hydrogens (tertiary/aromatic N) is 3. The molecule has 4 nitrogen and oxygen atoms in total. The van der Waals surface area contributed by atoms with E-state index in [1.165, 1.54) is 0 Å². The zero-order valence-electron chi connectivity index (χ0n) is 20.9. The van der Waals surface area contributed by atoms with Gasteiger partial charge in [-0.3, -0.25) is 0 Å². The van der Waals surface area contributed by atoms with Gasteiger partial charge in [0.2, 0.25) is 0 Å². The summed E-state index contributed by atoms with van der Waals surface area (Å²) in [6.07, 6.45) is 0. The summed E-state index contributed by atoms with van der Waals surface area (Å²) < 4.78 is 6.25. The largest absolute Gasteiger partial charge is 0.456 e. The molecule has 0 fully saturated rings. The van der Waals surface area contributed by atoms with E-state index in [9.17, 15) is 5.26 Å². The predicted octanol–water partition coefficient (Wildman–Crippen LogP) is 8.92. The average molecular weight is 500 g/mol. The lowest BCUT2D eigenvalue weighted by Gasteiger charge is -2.14. The van der Waals surface area contributed by atoms with E-state index in [0.29, 0.717) is 11.4 Å². The normalized spacial score (nSPS) is 11.1. The van der Waals surface area contributed by atoms with Crippen molar-refractivity contribution in [2.75, 3.05) is 0 Å². The highest BCUT2D eigenvalue weighted by Crippen LogP contribution is 2.43. The number of fused-ring (bicyclic) bond motifs is 3. The Kier molecular flexibility index (Phi) is 5.46. The van der Waals surface area contributed by atoms with E-state index in [1.54, 1.807) is 0 Å². The zero-order chi connectivity index (χ0) is 26.2. The standard InChI is InChI=1S/C35H21N3O/c36-22-23-15-17-25(18-16-23)33-27(19-20-32-34(33)28-13-7-8-14-31(28)39-32)30-21-29(24-9-3-1-4-10-24)37-35(38-30)26-11-5-2-6-12-26/h1-21H. The Balaban J connectivity index is 1.56. The van der Waals surface area contributed by atoms with E-state index >= 15 is 0 Å². The number of benzene rings is 5. The summed E-state index contributed by atoms with van der Waals surface area (Å²) in [7, 11) is 0. The van der Waals surface area contributed by atoms with Crippen molar-refractivity contribution < 1.29 is 4.42 Å². The molecule has 0 amide bonds. The second-order valence-electron chi connectivity index (χ2n) is 9.34. The monoisotopic (exact) mass is 499 g/mol. The van der Waals surface area contributed by atoms with Crippen LogP contribution in [0.5, 0.6) is 0 Å². The summed E-state index contributed by atoms with van der Waals surface area (Å²) in [6.45, 7) is 0. The number of rotatable bonds is 4. The van der Waals surface area contributed by atoms with Gasteiger partial charge in [0.15, 0.2) is 5.82 Å². The predicted molar refractivity (Wildman–Crippen MR) is 156 cm³/mol. The molecule has 7 rings (SSSR count). The summed E-state index contributed by atoms with van der Waals surface area (Å²) in [4.78, 5) is 10.1. The van der Waals surface area contributed by atoms with Crippen molar-refractivity contribution >= 4 is 21.9 Å². The van der Waals surface area contributed by atoms with E-state index in [-0.39, 0.29) is 0 Å². The first-order chi connectivity index (χ1) is 19.3. The van der Waals surface area contributed by atoms with Crippen LogP contribution in [0, 0.1) is 11.3 Å². The van der Waals surface area contributed by atoms with Crippen LogP contribution in [0.1, 0.15) is 5.56 Å². The van der Waals surface area contributed by atoms with Crippen molar-refractivity contribution in [1.82, 2.24) is 9.97 Å². The van der Waals surface area contributed by atoms with Gasteiger partial charge in [-0.05, 0) is 42.0 Å². The molecule has 39 heavy (non-hydrogen) atoms. The van der Waals surface area contributed by atoms with Crippen LogP contribution in [0.3, 0.4) is 0 Å². The third-order valence-corrected chi connectivity index (χ3v) is 6.95. The fourth-order valence-corrected chi connectivity index (χ4v) is 5.10. The molecule has 2 aromatic heterocycles. The molecule has 0 unspecified atom stereocenters. The molecule has 0 atom stereocenters. The molecule has 0 bridgehead atoms. The molecule has 0 aliphatic carbocycles. The second kappa shape index (κ2) is 9.41. The lowest BCUT2D eigenvalue weighted by Crippen LogP contribution is -1.97. The summed E-state index contributed by atoms with van der Waals surface area (Å²) in [5, 5.41) is 11.5. The van der Waals surface area contributed by atoms with Crippen LogP contribution in [0.25, 0.3) is 67.0 Å². The van der Waals surface area contributed by atoms with Crippen LogP contribution < -0.4 is 0 Å². The first kappa shape index (κ1) is 22.7. The summed E-state index contributed by atoms with van der Waals surface area (Å²) in [5.41, 5.74) is 8.86. The van der Waals surface area contributed by atoms with Gasteiger partial charge in [0.05, 0.1) is 23.0 Å². The minimum absolute atomic E-state index is 0.615. The van der Waals surface area contributed by atoms with E-state index < -0.39 is 0 Å². The summed E-state index contributed by atoms with van der Waals surface area (Å²) >= 11 is 0. The second-order valence-corrected chi connectivity index (χ2v) is 9.34. The van der Waals surface area contributed by atoms with Gasteiger partial charge < -0.3 is 4.42 Å². The Bertz CT molecular complexity index is 1940. The van der Waals surface area contributed by atoms with Crippen molar-refractivity contribution in [2.24, 2.45) is 0 Å². The number of hydrogen-bond acceptors (Lipinski definition) is 4. The van der Waals surface area contributed by atoms with Gasteiger partial charge in [0.25, 0.3) is 0 Å². The Labute approximate surface area is 225 Å². The molecule has 7 aromatic rings. The van der Waals surface area contributed by atoms with Gasteiger partial charge in [0.1, 0.15) is 11.2 Å². The van der Waals surface area contributed by atoms with Crippen molar-refractivity contribution in [3.63, 3.8) is 0 Å². The highest BCUT2D eigenvalue weighted by Gasteiger charge is 2.20. The maximum absolute atomic E-state index is 9.41. The molecule has 0 saturated carbocycles. The fraction of sp³-hybridized carbons (Fsp3) is 0. The Morgan fingerprint density at radius 2 is 1.23 bits per heavy atom. The molecule has 4 heteroatoms. The van der Waals surface area contributed by atoms with E-state index in [2.05, 4.69) is 36.4 Å². The topological polar surface area (TPSA) is 62.7 Å². The van der Waals surface area contributed by atoms with Gasteiger partial charge in [-0.1, -0.05) is 91.0 Å². The van der Waals surface area contributed by atoms with Crippen LogP contribution in [0.2, 0.25) is 0 Å². The molecular formula is C35H21N3O. The van der Waals surface area contributed by atoms with Crippen LogP contribution in [-0.4, -0.2) is 9.97 Å². The lowest BCUT2D eigenvalue weighted by atomic mass is 9.91. The molecule has 0 aliphatic heterocycles. The van der Waals surface area contributed by atoms with Crippen LogP contribution in [0.15, 0.2) is 132 Å². The van der Waals surface area contributed by atoms with Crippen molar-refractivity contribution in [3.8, 4) is 51.1 Å². The minimum atomic E-state index is 0.615. The fourth-order valence-electron chi connectivity index (χ4n) is 5.10. The number of aromatic nitrogens is 2. The Hall–Kier alpha value is -5.53. The summed E-state index contributed by atoms with van der Waals surface area (Å²) in [5.74, 6) is 0.662. The van der Waals surface area contributed by atoms with Crippen molar-refractivity contribution in [1.29, 1.82) is 5.26 Å². The van der Waals surface area contributed by atoms with Crippen molar-refractivity contribution in [2.45, 2.75) is 0 Å². The van der Waals surface area contributed by atoms with E-state index in [4.69, 9.17) is 14.4 Å². The molecule has 2 heterocycles. The third-order valence-electron chi connectivity index (χ3n) is 6.95. The van der Waals surface area contributed by atoms with Gasteiger partial charge in [-0.2, -0.15) is 5.26 Å². The first-order valence-electron chi connectivity index (χ1n) is 12.7. The molecule has 0 aliphatic rings. The highest BCUT2D eigenvalue weighted by atomic mass is 16.3. The average Bonchev–Trinajstić information content (AvgIpc) is 3.40. The number of furan rings is 1. The molecule has 0 spiro atoms. The van der Waals surface area contributed by atoms with Gasteiger partial charge in [-0.15, -0.1) is 0 Å². The maximum Gasteiger partial charge on any atom is 0.160 e. The van der Waals surface area contributed by atoms with E-state index in [0.717, 1.165) is 61.1 Å². The molecule has 182 valence electrons. The Morgan fingerprint density at radius 1 is 0.564 bits per heavy atom. The highest BCUT2D eigenvalue weighted by molar-refractivity contribution is 6.15. The van der Waals surface area contributed by atoms with Crippen LogP contribution in [-0.2, 0) is 0 Å². The first-order valence-corrected chi connectivity index (χ1v) is 12.7. The third kappa shape index (κ3) is 4.03.